The fraction of sp³-hybridized carbons (Fsp3) is 1.00. The summed E-state index contributed by atoms with van der Waals surface area (Å²) in [6.07, 6.45) is 1.59. The first kappa shape index (κ1) is 21.9. The van der Waals surface area contributed by atoms with Crippen molar-refractivity contribution in [2.75, 3.05) is 6.79 Å². The maximum atomic E-state index is 6.58. The number of fused-ring (bicyclic) bond motifs is 2. The van der Waals surface area contributed by atoms with Crippen molar-refractivity contribution in [1.29, 1.82) is 0 Å². The van der Waals surface area contributed by atoms with E-state index in [4.69, 9.17) is 30.7 Å². The molecule has 8 unspecified atom stereocenters. The Labute approximate surface area is 165 Å². The van der Waals surface area contributed by atoms with Crippen LogP contribution in [0.3, 0.4) is 0 Å². The number of rotatable bonds is 2. The summed E-state index contributed by atoms with van der Waals surface area (Å²) in [5.74, 6) is 0.240. The van der Waals surface area contributed by atoms with Crippen LogP contribution in [-0.2, 0) is 30.7 Å². The lowest BCUT2D eigenvalue weighted by atomic mass is 9.63. The van der Waals surface area contributed by atoms with Gasteiger partial charge in [0.25, 0.3) is 0 Å². The molecule has 2 spiro atoms. The maximum Gasteiger partial charge on any atom is 0.676 e. The molecule has 4 heterocycles. The molecule has 0 N–H and O–H groups in total. The second-order valence-electron chi connectivity index (χ2n) is 8.88. The molecule has 4 aliphatic rings. The largest absolute Gasteiger partial charge is 0.676 e. The van der Waals surface area contributed by atoms with Gasteiger partial charge in [-0.25, -0.2) is 0 Å². The molecule has 0 aliphatic carbocycles. The van der Waals surface area contributed by atoms with E-state index in [-0.39, 0.29) is 26.1 Å². The van der Waals surface area contributed by atoms with Crippen LogP contribution in [0.1, 0.15) is 75.7 Å². The highest BCUT2D eigenvalue weighted by molar-refractivity contribution is 6.70. The van der Waals surface area contributed by atoms with Crippen molar-refractivity contribution in [3.8, 4) is 0 Å². The predicted molar refractivity (Wildman–Crippen MR) is 103 cm³/mol. The van der Waals surface area contributed by atoms with Gasteiger partial charge in [-0.15, -0.1) is 0 Å². The highest BCUT2D eigenvalue weighted by Gasteiger charge is 2.81. The van der Waals surface area contributed by atoms with Crippen molar-refractivity contribution in [2.24, 2.45) is 11.8 Å². The van der Waals surface area contributed by atoms with Crippen LogP contribution < -0.4 is 0 Å². The summed E-state index contributed by atoms with van der Waals surface area (Å²) in [4.78, 5) is 0. The topological polar surface area (TPSA) is 64.6 Å². The Hall–Kier alpha value is 0.154. The molecule has 4 saturated heterocycles. The molecule has 9 heteroatoms. The molecular weight excluding hydrogens is 384 g/mol. The minimum atomic E-state index is -3.44. The van der Waals surface area contributed by atoms with Crippen LogP contribution in [-0.4, -0.2) is 47.3 Å². The molecule has 0 aromatic heterocycles. The molecule has 4 rings (SSSR count). The highest BCUT2D eigenvalue weighted by Crippen LogP contribution is 2.60. The first-order valence-corrected chi connectivity index (χ1v) is 13.0. The summed E-state index contributed by atoms with van der Waals surface area (Å²) >= 11 is 0. The monoisotopic (exact) mass is 420 g/mol. The Balaban J connectivity index is 0.00000210. The molecule has 4 fully saturated rings. The van der Waals surface area contributed by atoms with Gasteiger partial charge in [0.05, 0.1) is 22.4 Å². The minimum Gasteiger partial charge on any atom is -0.343 e. The van der Waals surface area contributed by atoms with E-state index in [0.29, 0.717) is 0 Å². The van der Waals surface area contributed by atoms with E-state index in [1.165, 1.54) is 0 Å². The van der Waals surface area contributed by atoms with Crippen molar-refractivity contribution in [1.82, 2.24) is 0 Å². The van der Waals surface area contributed by atoms with Crippen molar-refractivity contribution in [3.05, 3.63) is 0 Å². The summed E-state index contributed by atoms with van der Waals surface area (Å²) in [6.45, 7) is 17.1. The second-order valence-corrected chi connectivity index (χ2v) is 13.1. The van der Waals surface area contributed by atoms with E-state index in [9.17, 15) is 0 Å². The van der Waals surface area contributed by atoms with Gasteiger partial charge in [0.1, 0.15) is 6.79 Å². The molecule has 0 aromatic rings. The molecule has 0 amide bonds. The summed E-state index contributed by atoms with van der Waals surface area (Å²) in [5, 5.41) is 0. The molecule has 4 bridgehead atoms. The number of hydrogen-bond donors (Lipinski definition) is 0. The molecule has 158 valence electrons. The van der Waals surface area contributed by atoms with E-state index >= 15 is 0 Å². The zero-order valence-corrected chi connectivity index (χ0v) is 19.1. The molecule has 27 heavy (non-hydrogen) atoms. The lowest BCUT2D eigenvalue weighted by molar-refractivity contribution is -0.133. The molecule has 0 radical (unpaired) electrons. The number of hydrogen-bond acceptors (Lipinski definition) is 7. The zero-order chi connectivity index (χ0) is 19.2. The summed E-state index contributed by atoms with van der Waals surface area (Å²) in [7, 11) is -6.87. The van der Waals surface area contributed by atoms with E-state index in [1.807, 2.05) is 0 Å². The summed E-state index contributed by atoms with van der Waals surface area (Å²) in [5.41, 5.74) is -2.16. The van der Waals surface area contributed by atoms with Crippen molar-refractivity contribution < 1.29 is 30.7 Å². The van der Waals surface area contributed by atoms with Crippen LogP contribution in [0.5, 0.6) is 0 Å². The van der Waals surface area contributed by atoms with Crippen LogP contribution in [0.2, 0.25) is 0 Å². The van der Waals surface area contributed by atoms with Crippen LogP contribution in [0, 0.1) is 11.8 Å². The van der Waals surface area contributed by atoms with E-state index in [1.54, 1.807) is 0 Å². The normalized spacial score (nSPS) is 59.6. The Bertz CT molecular complexity index is 575. The van der Waals surface area contributed by atoms with Gasteiger partial charge in [-0.1, -0.05) is 35.1 Å². The lowest BCUT2D eigenvalue weighted by Gasteiger charge is -2.50. The van der Waals surface area contributed by atoms with Gasteiger partial charge in [-0.05, 0) is 52.4 Å². The predicted octanol–water partition coefficient (Wildman–Crippen LogP) is 3.75. The van der Waals surface area contributed by atoms with E-state index in [2.05, 4.69) is 55.4 Å². The third kappa shape index (κ3) is 2.50. The Morgan fingerprint density at radius 2 is 1.11 bits per heavy atom. The van der Waals surface area contributed by atoms with Crippen LogP contribution in [0.4, 0.5) is 0 Å². The zero-order valence-electron chi connectivity index (χ0n) is 17.1. The van der Waals surface area contributed by atoms with Crippen LogP contribution >= 0.6 is 0 Å². The lowest BCUT2D eigenvalue weighted by Crippen LogP contribution is -2.64. The molecule has 0 saturated carbocycles. The average Bonchev–Trinajstić information content (AvgIpc) is 2.93. The standard InChI is InChI=1S/C17H32O7Si2.CH4/c1-9-14(5)16(7)12(3)13(4)17(8)15(6,10-2)21-26(23-17)19-11-18-25(20-14,22-16)24-26;/h12-13H,9-11H2,1-8H3;1H4. The van der Waals surface area contributed by atoms with Gasteiger partial charge in [-0.2, -0.15) is 0 Å². The maximum absolute atomic E-state index is 6.58. The average molecular weight is 421 g/mol. The van der Waals surface area contributed by atoms with Crippen LogP contribution in [0.25, 0.3) is 0 Å². The third-order valence-corrected chi connectivity index (χ3v) is 13.7. The van der Waals surface area contributed by atoms with Crippen molar-refractivity contribution in [3.63, 3.8) is 0 Å². The second kappa shape index (κ2) is 6.08. The first-order valence-electron chi connectivity index (χ1n) is 9.71. The van der Waals surface area contributed by atoms with Crippen LogP contribution in [0.15, 0.2) is 0 Å². The third-order valence-electron chi connectivity index (χ3n) is 8.03. The van der Waals surface area contributed by atoms with Crippen molar-refractivity contribution in [2.45, 2.75) is 98.1 Å². The van der Waals surface area contributed by atoms with E-state index in [0.717, 1.165) is 12.8 Å². The minimum absolute atomic E-state index is 0. The summed E-state index contributed by atoms with van der Waals surface area (Å²) < 4.78 is 44.2. The van der Waals surface area contributed by atoms with Gasteiger partial charge in [0, 0.05) is 0 Å². The SMILES string of the molecule is C.CCC1(C)O[Si]23OCO[Si]4(OC(C)(CC)C(C)(O4)C(C)C(C)C1(C)O2)O3. The Morgan fingerprint density at radius 3 is 1.44 bits per heavy atom. The molecule has 8 atom stereocenters. The fourth-order valence-corrected chi connectivity index (χ4v) is 11.9. The van der Waals surface area contributed by atoms with Crippen molar-refractivity contribution >= 4 is 18.1 Å². The van der Waals surface area contributed by atoms with Gasteiger partial charge < -0.3 is 30.7 Å². The van der Waals surface area contributed by atoms with E-state index < -0.39 is 40.5 Å². The smallest absolute Gasteiger partial charge is 0.343 e. The van der Waals surface area contributed by atoms with Gasteiger partial charge in [-0.3, -0.25) is 0 Å². The molecule has 4 aliphatic heterocycles. The molecular formula is C18H36O7Si2. The highest BCUT2D eigenvalue weighted by atomic mass is 28.5. The molecule has 7 nitrogen and oxygen atoms in total. The molecule has 0 aromatic carbocycles. The Kier molecular flexibility index (Phi) is 4.92. The van der Waals surface area contributed by atoms with Gasteiger partial charge >= 0.3 is 18.1 Å². The fourth-order valence-electron chi connectivity index (χ4n) is 5.07. The first-order chi connectivity index (χ1) is 11.9. The van der Waals surface area contributed by atoms with Gasteiger partial charge in [0.15, 0.2) is 0 Å². The quantitative estimate of drug-likeness (QED) is 0.630. The Morgan fingerprint density at radius 1 is 0.741 bits per heavy atom. The van der Waals surface area contributed by atoms with Gasteiger partial charge in [0.2, 0.25) is 0 Å². The summed E-state index contributed by atoms with van der Waals surface area (Å²) in [6, 6.07) is 0.